The van der Waals surface area contributed by atoms with E-state index >= 15 is 0 Å². The van der Waals surface area contributed by atoms with Crippen LogP contribution in [0.15, 0.2) is 30.3 Å². The molecule has 31 heavy (non-hydrogen) atoms. The zero-order valence-electron chi connectivity index (χ0n) is 17.6. The van der Waals surface area contributed by atoms with Gasteiger partial charge >= 0.3 is 0 Å². The molecule has 1 saturated heterocycles. The van der Waals surface area contributed by atoms with Crippen LogP contribution in [0.1, 0.15) is 55.5 Å². The Labute approximate surface area is 186 Å². The third kappa shape index (κ3) is 3.56. The highest BCUT2D eigenvalue weighted by Crippen LogP contribution is 2.61. The number of likely N-dealkylation sites (tertiary alicyclic amines) is 1. The molecule has 1 aromatic carbocycles. The zero-order valence-corrected chi connectivity index (χ0v) is 18.4. The van der Waals surface area contributed by atoms with Crippen molar-refractivity contribution < 1.29 is 9.59 Å². The van der Waals surface area contributed by atoms with Gasteiger partial charge in [-0.2, -0.15) is 0 Å². The van der Waals surface area contributed by atoms with E-state index in [0.29, 0.717) is 18.2 Å². The van der Waals surface area contributed by atoms with Gasteiger partial charge in [-0.25, -0.2) is 0 Å². The molecule has 6 nitrogen and oxygen atoms in total. The molecular formula is C24H28N4O2S. The molecule has 4 aliphatic carbocycles. The molecule has 0 radical (unpaired) electrons. The summed E-state index contributed by atoms with van der Waals surface area (Å²) in [5.41, 5.74) is 1.28. The standard InChI is InChI=1S/C24H28N4O2S/c29-20-9-19(14-28(20)13-15-4-2-1-3-5-15)21(30)25-23-27-26-22(31-23)24-10-16-6-17(11-24)8-18(7-16)12-24/h1-5,16-19H,6-14H2,(H,25,27,30). The largest absolute Gasteiger partial charge is 0.338 e. The van der Waals surface area contributed by atoms with Crippen LogP contribution in [0.2, 0.25) is 0 Å². The zero-order chi connectivity index (χ0) is 21.0. The number of rotatable bonds is 5. The fourth-order valence-corrected chi connectivity index (χ4v) is 7.94. The van der Waals surface area contributed by atoms with Crippen LogP contribution in [0, 0.1) is 23.7 Å². The maximum absolute atomic E-state index is 12.9. The van der Waals surface area contributed by atoms with E-state index in [9.17, 15) is 9.59 Å². The van der Waals surface area contributed by atoms with Gasteiger partial charge in [0.15, 0.2) is 0 Å². The monoisotopic (exact) mass is 436 g/mol. The van der Waals surface area contributed by atoms with Crippen LogP contribution in [-0.4, -0.2) is 33.5 Å². The minimum atomic E-state index is -0.330. The molecule has 2 amide bonds. The van der Waals surface area contributed by atoms with Crippen LogP contribution >= 0.6 is 11.3 Å². The Balaban J connectivity index is 1.11. The van der Waals surface area contributed by atoms with Crippen molar-refractivity contribution >= 4 is 28.3 Å². The predicted octanol–water partition coefficient (Wildman–Crippen LogP) is 3.99. The van der Waals surface area contributed by atoms with Gasteiger partial charge in [0.05, 0.1) is 5.92 Å². The summed E-state index contributed by atoms with van der Waals surface area (Å²) >= 11 is 1.56. The summed E-state index contributed by atoms with van der Waals surface area (Å²) in [6.07, 6.45) is 8.19. The second kappa shape index (κ2) is 7.40. The number of benzene rings is 1. The normalized spacial score (nSPS) is 33.8. The van der Waals surface area contributed by atoms with Gasteiger partial charge in [0.1, 0.15) is 5.01 Å². The van der Waals surface area contributed by atoms with Crippen LogP contribution in [-0.2, 0) is 21.5 Å². The predicted molar refractivity (Wildman–Crippen MR) is 118 cm³/mol. The molecular weight excluding hydrogens is 408 g/mol. The van der Waals surface area contributed by atoms with E-state index in [-0.39, 0.29) is 29.6 Å². The number of hydrogen-bond acceptors (Lipinski definition) is 5. The van der Waals surface area contributed by atoms with Gasteiger partial charge in [0.25, 0.3) is 0 Å². The second-order valence-electron chi connectivity index (χ2n) is 10.3. The Hall–Kier alpha value is -2.28. The molecule has 1 atom stereocenters. The molecule has 5 aliphatic rings. The van der Waals surface area contributed by atoms with Gasteiger partial charge in [-0.3, -0.25) is 9.59 Å². The fourth-order valence-electron chi connectivity index (χ4n) is 6.97. The van der Waals surface area contributed by atoms with Crippen molar-refractivity contribution in [1.29, 1.82) is 0 Å². The lowest BCUT2D eigenvalue weighted by Crippen LogP contribution is -2.48. The lowest BCUT2D eigenvalue weighted by atomic mass is 9.50. The van der Waals surface area contributed by atoms with Crippen molar-refractivity contribution in [2.45, 2.75) is 56.9 Å². The number of carbonyl (C=O) groups excluding carboxylic acids is 2. The Morgan fingerprint density at radius 2 is 1.74 bits per heavy atom. The molecule has 4 bridgehead atoms. The number of hydrogen-bond donors (Lipinski definition) is 1. The first-order valence-corrected chi connectivity index (χ1v) is 12.3. The Morgan fingerprint density at radius 3 is 2.42 bits per heavy atom. The molecule has 7 rings (SSSR count). The van der Waals surface area contributed by atoms with Crippen LogP contribution in [0.3, 0.4) is 0 Å². The highest BCUT2D eigenvalue weighted by Gasteiger charge is 2.53. The first-order chi connectivity index (χ1) is 15.1. The lowest BCUT2D eigenvalue weighted by Gasteiger charge is -2.55. The van der Waals surface area contributed by atoms with Crippen molar-refractivity contribution in [2.24, 2.45) is 23.7 Å². The van der Waals surface area contributed by atoms with Gasteiger partial charge in [0, 0.05) is 24.9 Å². The van der Waals surface area contributed by atoms with E-state index in [0.717, 1.165) is 28.3 Å². The summed E-state index contributed by atoms with van der Waals surface area (Å²) in [4.78, 5) is 27.1. The Bertz CT molecular complexity index is 969. The molecule has 2 aromatic rings. The van der Waals surface area contributed by atoms with E-state index in [1.165, 1.54) is 38.5 Å². The van der Waals surface area contributed by atoms with Gasteiger partial charge in [-0.15, -0.1) is 10.2 Å². The van der Waals surface area contributed by atoms with E-state index in [4.69, 9.17) is 0 Å². The van der Waals surface area contributed by atoms with Gasteiger partial charge in [0.2, 0.25) is 16.9 Å². The number of carbonyl (C=O) groups is 2. The minimum absolute atomic E-state index is 0.0375. The van der Waals surface area contributed by atoms with Gasteiger partial charge in [-0.05, 0) is 61.8 Å². The summed E-state index contributed by atoms with van der Waals surface area (Å²) in [6, 6.07) is 9.92. The molecule has 1 aliphatic heterocycles. The third-order valence-corrected chi connectivity index (χ3v) is 9.03. The van der Waals surface area contributed by atoms with Crippen LogP contribution in [0.5, 0.6) is 0 Å². The summed E-state index contributed by atoms with van der Waals surface area (Å²) in [5, 5.41) is 13.6. The molecule has 162 valence electrons. The van der Waals surface area contributed by atoms with Crippen molar-refractivity contribution in [3.63, 3.8) is 0 Å². The third-order valence-electron chi connectivity index (χ3n) is 7.95. The van der Waals surface area contributed by atoms with E-state index in [2.05, 4.69) is 15.5 Å². The van der Waals surface area contributed by atoms with Crippen molar-refractivity contribution in [2.75, 3.05) is 11.9 Å². The summed E-state index contributed by atoms with van der Waals surface area (Å²) in [6.45, 7) is 1.01. The number of nitrogens with one attached hydrogen (secondary N) is 1. The number of anilines is 1. The minimum Gasteiger partial charge on any atom is -0.338 e. The molecule has 2 heterocycles. The molecule has 7 heteroatoms. The average Bonchev–Trinajstić information content (AvgIpc) is 3.35. The van der Waals surface area contributed by atoms with Crippen LogP contribution < -0.4 is 5.32 Å². The van der Waals surface area contributed by atoms with Gasteiger partial charge in [-0.1, -0.05) is 41.7 Å². The highest BCUT2D eigenvalue weighted by molar-refractivity contribution is 7.15. The molecule has 1 N–H and O–H groups in total. The van der Waals surface area contributed by atoms with Crippen LogP contribution in [0.4, 0.5) is 5.13 Å². The molecule has 4 saturated carbocycles. The topological polar surface area (TPSA) is 75.2 Å². The molecule has 5 fully saturated rings. The van der Waals surface area contributed by atoms with E-state index < -0.39 is 0 Å². The van der Waals surface area contributed by atoms with Crippen molar-refractivity contribution in [3.05, 3.63) is 40.9 Å². The summed E-state index contributed by atoms with van der Waals surface area (Å²) in [7, 11) is 0. The smallest absolute Gasteiger partial charge is 0.231 e. The van der Waals surface area contributed by atoms with E-state index in [1.807, 2.05) is 30.3 Å². The maximum atomic E-state index is 12.9. The number of nitrogens with zero attached hydrogens (tertiary/aromatic N) is 3. The van der Waals surface area contributed by atoms with Crippen molar-refractivity contribution in [3.8, 4) is 0 Å². The second-order valence-corrected chi connectivity index (χ2v) is 11.2. The van der Waals surface area contributed by atoms with Gasteiger partial charge < -0.3 is 10.2 Å². The molecule has 0 spiro atoms. The molecule has 1 aromatic heterocycles. The average molecular weight is 437 g/mol. The van der Waals surface area contributed by atoms with Crippen LogP contribution in [0.25, 0.3) is 0 Å². The Kier molecular flexibility index (Phi) is 4.63. The maximum Gasteiger partial charge on any atom is 0.231 e. The SMILES string of the molecule is O=C(Nc1nnc(C23CC4CC(CC(C4)C2)C3)s1)C1CC(=O)N(Cc2ccccc2)C1. The quantitative estimate of drug-likeness (QED) is 0.769. The number of aromatic nitrogens is 2. The first kappa shape index (κ1) is 19.4. The van der Waals surface area contributed by atoms with Crippen molar-refractivity contribution in [1.82, 2.24) is 15.1 Å². The van der Waals surface area contributed by atoms with E-state index in [1.54, 1.807) is 16.2 Å². The lowest BCUT2D eigenvalue weighted by molar-refractivity contribution is -0.128. The summed E-state index contributed by atoms with van der Waals surface area (Å²) in [5.74, 6) is 2.16. The number of amides is 2. The first-order valence-electron chi connectivity index (χ1n) is 11.5. The fraction of sp³-hybridized carbons (Fsp3) is 0.583. The highest BCUT2D eigenvalue weighted by atomic mass is 32.1. The molecule has 1 unspecified atom stereocenters. The summed E-state index contributed by atoms with van der Waals surface area (Å²) < 4.78 is 0. The Morgan fingerprint density at radius 1 is 1.06 bits per heavy atom.